The lowest BCUT2D eigenvalue weighted by molar-refractivity contribution is -0.0391. The summed E-state index contributed by atoms with van der Waals surface area (Å²) in [6.45, 7) is 15.1. The van der Waals surface area contributed by atoms with E-state index in [4.69, 9.17) is 18.9 Å². The molecule has 0 saturated heterocycles. The molecule has 12 nitrogen and oxygen atoms in total. The van der Waals surface area contributed by atoms with Crippen molar-refractivity contribution in [3.05, 3.63) is 0 Å². The van der Waals surface area contributed by atoms with Gasteiger partial charge in [-0.3, -0.25) is 0 Å². The van der Waals surface area contributed by atoms with Gasteiger partial charge >= 0.3 is 24.4 Å². The van der Waals surface area contributed by atoms with Gasteiger partial charge in [-0.05, 0) is 68.2 Å². The Morgan fingerprint density at radius 1 is 0.618 bits per heavy atom. The largest absolute Gasteiger partial charge is 0.446 e. The Morgan fingerprint density at radius 3 is 1.26 bits per heavy atom. The van der Waals surface area contributed by atoms with Crippen LogP contribution in [0.4, 0.5) is 19.2 Å². The van der Waals surface area contributed by atoms with Gasteiger partial charge in [0, 0.05) is 0 Å². The minimum absolute atomic E-state index is 0.179. The van der Waals surface area contributed by atoms with E-state index in [0.717, 1.165) is 22.9 Å². The van der Waals surface area contributed by atoms with Crippen LogP contribution < -0.4 is 10.9 Å². The van der Waals surface area contributed by atoms with Gasteiger partial charge in [0.1, 0.15) is 0 Å². The molecule has 0 spiro atoms. The molecule has 34 heavy (non-hydrogen) atoms. The SMILES string of the molecule is CCCCCC(N(NC(=O)OC(C)C)C(=O)OC(C)C)N(NC(=O)OC(C)C)C(=O)OC(C)C. The van der Waals surface area contributed by atoms with Crippen LogP contribution in [0.1, 0.15) is 88.0 Å². The number of amides is 4. The van der Waals surface area contributed by atoms with Crippen molar-refractivity contribution in [1.82, 2.24) is 20.9 Å². The van der Waals surface area contributed by atoms with Crippen molar-refractivity contribution in [2.45, 2.75) is 119 Å². The monoisotopic (exact) mass is 490 g/mol. The van der Waals surface area contributed by atoms with Gasteiger partial charge < -0.3 is 18.9 Å². The Labute approximate surface area is 202 Å². The molecule has 0 heterocycles. The number of hydrogen-bond acceptors (Lipinski definition) is 8. The van der Waals surface area contributed by atoms with Gasteiger partial charge in [-0.15, -0.1) is 0 Å². The number of nitrogens with one attached hydrogen (secondary N) is 2. The Bertz CT molecular complexity index is 605. The minimum atomic E-state index is -1.21. The summed E-state index contributed by atoms with van der Waals surface area (Å²) in [5, 5.41) is 1.63. The maximum Gasteiger partial charge on any atom is 0.431 e. The van der Waals surface area contributed by atoms with Crippen molar-refractivity contribution in [3.63, 3.8) is 0 Å². The first-order valence-corrected chi connectivity index (χ1v) is 11.7. The number of carbonyl (C=O) groups excluding carboxylic acids is 4. The number of hydrogen-bond donors (Lipinski definition) is 2. The summed E-state index contributed by atoms with van der Waals surface area (Å²) in [4.78, 5) is 50.7. The topological polar surface area (TPSA) is 136 Å². The number of ether oxygens (including phenoxy) is 4. The molecule has 0 rings (SSSR count). The van der Waals surface area contributed by atoms with E-state index in [9.17, 15) is 19.2 Å². The van der Waals surface area contributed by atoms with Crippen molar-refractivity contribution in [2.24, 2.45) is 0 Å². The number of nitrogens with zero attached hydrogens (tertiary/aromatic N) is 2. The van der Waals surface area contributed by atoms with Gasteiger partial charge in [-0.1, -0.05) is 19.8 Å². The zero-order chi connectivity index (χ0) is 26.4. The maximum atomic E-state index is 13.0. The highest BCUT2D eigenvalue weighted by Gasteiger charge is 2.38. The molecule has 0 bridgehead atoms. The molecule has 2 N–H and O–H groups in total. The second kappa shape index (κ2) is 15.8. The van der Waals surface area contributed by atoms with E-state index in [-0.39, 0.29) is 6.42 Å². The molecule has 0 aromatic heterocycles. The number of unbranched alkanes of at least 4 members (excludes halogenated alkanes) is 2. The molecule has 0 fully saturated rings. The first-order chi connectivity index (χ1) is 15.8. The molecule has 0 aliphatic heterocycles. The molecule has 0 aliphatic rings. The third kappa shape index (κ3) is 12.9. The number of carbonyl (C=O) groups is 4. The van der Waals surface area contributed by atoms with Crippen LogP contribution >= 0.6 is 0 Å². The lowest BCUT2D eigenvalue weighted by atomic mass is 10.1. The smallest absolute Gasteiger partial charge is 0.431 e. The lowest BCUT2D eigenvalue weighted by Crippen LogP contribution is -2.64. The second-order valence-corrected chi connectivity index (χ2v) is 8.71. The van der Waals surface area contributed by atoms with Crippen molar-refractivity contribution in [2.75, 3.05) is 0 Å². The fraction of sp³-hybridized carbons (Fsp3) is 0.818. The van der Waals surface area contributed by atoms with E-state index in [0.29, 0.717) is 6.42 Å². The number of rotatable bonds is 10. The lowest BCUT2D eigenvalue weighted by Gasteiger charge is -2.38. The van der Waals surface area contributed by atoms with E-state index in [1.165, 1.54) is 0 Å². The number of hydrazine groups is 2. The van der Waals surface area contributed by atoms with Crippen LogP contribution in [0, 0.1) is 0 Å². The average molecular weight is 491 g/mol. The van der Waals surface area contributed by atoms with Crippen LogP contribution in [0.15, 0.2) is 0 Å². The molecule has 0 saturated carbocycles. The predicted molar refractivity (Wildman–Crippen MR) is 124 cm³/mol. The Balaban J connectivity index is 6.31. The Kier molecular flexibility index (Phi) is 14.5. The molecule has 0 aromatic carbocycles. The molecule has 0 atom stereocenters. The normalized spacial score (nSPS) is 11.0. The molecule has 0 radical (unpaired) electrons. The fourth-order valence-corrected chi connectivity index (χ4v) is 2.63. The molecule has 0 unspecified atom stereocenters. The molecule has 0 aliphatic carbocycles. The first-order valence-electron chi connectivity index (χ1n) is 11.7. The van der Waals surface area contributed by atoms with Gasteiger partial charge in [0.05, 0.1) is 24.4 Å². The highest BCUT2D eigenvalue weighted by atomic mass is 16.6. The molecule has 12 heteroatoms. The summed E-state index contributed by atoms with van der Waals surface area (Å²) in [5.41, 5.74) is 4.68. The summed E-state index contributed by atoms with van der Waals surface area (Å²) in [7, 11) is 0. The summed E-state index contributed by atoms with van der Waals surface area (Å²) >= 11 is 0. The van der Waals surface area contributed by atoms with E-state index in [2.05, 4.69) is 10.9 Å². The molecule has 198 valence electrons. The quantitative estimate of drug-likeness (QED) is 0.195. The molecular formula is C22H42N4O8. The zero-order valence-electron chi connectivity index (χ0n) is 21.9. The first kappa shape index (κ1) is 31.1. The van der Waals surface area contributed by atoms with Crippen LogP contribution in [0.5, 0.6) is 0 Å². The summed E-state index contributed by atoms with van der Waals surface area (Å²) in [5.74, 6) is 0. The van der Waals surface area contributed by atoms with E-state index in [1.54, 1.807) is 55.4 Å². The fourth-order valence-electron chi connectivity index (χ4n) is 2.63. The van der Waals surface area contributed by atoms with Crippen LogP contribution in [0.25, 0.3) is 0 Å². The van der Waals surface area contributed by atoms with Gasteiger partial charge in [-0.25, -0.2) is 30.0 Å². The summed E-state index contributed by atoms with van der Waals surface area (Å²) < 4.78 is 20.8. The van der Waals surface area contributed by atoms with E-state index < -0.39 is 55.0 Å². The Morgan fingerprint density at radius 2 is 0.971 bits per heavy atom. The molecular weight excluding hydrogens is 448 g/mol. The second-order valence-electron chi connectivity index (χ2n) is 8.71. The standard InChI is InChI=1S/C22H42N4O8/c1-10-11-12-13-18(25(21(29)33-16(6)7)23-19(27)31-14(2)3)26(22(30)34-17(8)9)24-20(28)32-15(4)5/h14-18H,10-13H2,1-9H3,(H,23,27)(H,24,28). The van der Waals surface area contributed by atoms with Crippen molar-refractivity contribution in [3.8, 4) is 0 Å². The van der Waals surface area contributed by atoms with Crippen molar-refractivity contribution < 1.29 is 38.1 Å². The maximum absolute atomic E-state index is 13.0. The van der Waals surface area contributed by atoms with E-state index >= 15 is 0 Å². The van der Waals surface area contributed by atoms with Crippen LogP contribution in [-0.2, 0) is 18.9 Å². The minimum Gasteiger partial charge on any atom is -0.446 e. The molecule has 0 aromatic rings. The summed E-state index contributed by atoms with van der Waals surface area (Å²) in [6.07, 6.45) is -4.59. The summed E-state index contributed by atoms with van der Waals surface area (Å²) in [6, 6.07) is 0. The van der Waals surface area contributed by atoms with Crippen LogP contribution in [-0.4, -0.2) is 65.0 Å². The van der Waals surface area contributed by atoms with Gasteiger partial charge in [-0.2, -0.15) is 10.0 Å². The zero-order valence-corrected chi connectivity index (χ0v) is 21.9. The predicted octanol–water partition coefficient (Wildman–Crippen LogP) is 4.69. The highest BCUT2D eigenvalue weighted by molar-refractivity contribution is 5.77. The Hall–Kier alpha value is -2.92. The highest BCUT2D eigenvalue weighted by Crippen LogP contribution is 2.17. The average Bonchev–Trinajstić information content (AvgIpc) is 2.66. The van der Waals surface area contributed by atoms with Crippen LogP contribution in [0.3, 0.4) is 0 Å². The van der Waals surface area contributed by atoms with Gasteiger partial charge in [0.25, 0.3) is 0 Å². The van der Waals surface area contributed by atoms with Gasteiger partial charge in [0.15, 0.2) is 6.17 Å². The van der Waals surface area contributed by atoms with E-state index in [1.807, 2.05) is 6.92 Å². The third-order valence-corrected chi connectivity index (χ3v) is 3.84. The van der Waals surface area contributed by atoms with Crippen LogP contribution in [0.2, 0.25) is 0 Å². The van der Waals surface area contributed by atoms with Crippen molar-refractivity contribution >= 4 is 24.4 Å². The third-order valence-electron chi connectivity index (χ3n) is 3.84. The van der Waals surface area contributed by atoms with Gasteiger partial charge in [0.2, 0.25) is 0 Å². The molecule has 4 amide bonds. The van der Waals surface area contributed by atoms with Crippen molar-refractivity contribution in [1.29, 1.82) is 0 Å².